The van der Waals surface area contributed by atoms with Gasteiger partial charge in [-0.15, -0.1) is 25.5 Å². The Bertz CT molecular complexity index is 540. The van der Waals surface area contributed by atoms with E-state index in [1.165, 1.54) is 12.1 Å². The third kappa shape index (κ3) is 5.11. The first kappa shape index (κ1) is 16.3. The molecule has 1 rings (SSSR count). The second-order valence-corrected chi connectivity index (χ2v) is 4.55. The van der Waals surface area contributed by atoms with E-state index in [-0.39, 0.29) is 16.6 Å². The first-order valence-corrected chi connectivity index (χ1v) is 6.07. The summed E-state index contributed by atoms with van der Waals surface area (Å²) in [7, 11) is 0. The molecular weight excluding hydrogens is 341 g/mol. The van der Waals surface area contributed by atoms with E-state index in [9.17, 15) is 18.0 Å². The van der Waals surface area contributed by atoms with Gasteiger partial charge in [-0.1, -0.05) is 0 Å². The van der Waals surface area contributed by atoms with Crippen LogP contribution >= 0.6 is 15.9 Å². The number of terminal acetylenes is 1. The molecule has 20 heavy (non-hydrogen) atoms. The van der Waals surface area contributed by atoms with E-state index in [0.717, 1.165) is 6.07 Å². The lowest BCUT2D eigenvalue weighted by Gasteiger charge is -2.13. The molecule has 108 valence electrons. The van der Waals surface area contributed by atoms with E-state index in [1.807, 2.05) is 0 Å². The number of benzene rings is 1. The van der Waals surface area contributed by atoms with E-state index in [2.05, 4.69) is 31.9 Å². The van der Waals surface area contributed by atoms with E-state index >= 15 is 0 Å². The van der Waals surface area contributed by atoms with E-state index in [0.29, 0.717) is 0 Å². The normalized spacial score (nSPS) is 12.4. The highest BCUT2D eigenvalue weighted by Gasteiger charge is 2.32. The molecule has 1 aromatic carbocycles. The predicted molar refractivity (Wildman–Crippen MR) is 70.9 cm³/mol. The number of nitrogens with one attached hydrogen (secondary N) is 1. The lowest BCUT2D eigenvalue weighted by atomic mass is 10.2. The van der Waals surface area contributed by atoms with Crippen LogP contribution in [-0.2, 0) is 4.79 Å². The van der Waals surface area contributed by atoms with Gasteiger partial charge in [0.25, 0.3) is 0 Å². The monoisotopic (exact) mass is 350 g/mol. The molecule has 0 bridgehead atoms. The fourth-order valence-electron chi connectivity index (χ4n) is 1.24. The largest absolute Gasteiger partial charge is 0.573 e. The molecule has 1 atom stereocenters. The van der Waals surface area contributed by atoms with Crippen molar-refractivity contribution in [1.29, 1.82) is 0 Å². The molecular formula is C12H10BrF3N2O2. The number of carbonyl (C=O) groups is 1. The maximum atomic E-state index is 12.1. The van der Waals surface area contributed by atoms with Crippen molar-refractivity contribution < 1.29 is 22.7 Å². The van der Waals surface area contributed by atoms with Gasteiger partial charge < -0.3 is 15.8 Å². The summed E-state index contributed by atoms with van der Waals surface area (Å²) in [5, 5.41) is 2.43. The van der Waals surface area contributed by atoms with Crippen LogP contribution in [0.4, 0.5) is 18.9 Å². The first-order chi connectivity index (χ1) is 9.23. The Morgan fingerprint density at radius 1 is 1.55 bits per heavy atom. The molecule has 8 heteroatoms. The van der Waals surface area contributed by atoms with Gasteiger partial charge in [-0.25, -0.2) is 0 Å². The number of ether oxygens (including phenoxy) is 1. The number of rotatable bonds is 4. The predicted octanol–water partition coefficient (Wildman–Crippen LogP) is 2.64. The third-order valence-corrected chi connectivity index (χ3v) is 2.72. The van der Waals surface area contributed by atoms with Gasteiger partial charge in [0.2, 0.25) is 5.91 Å². The summed E-state index contributed by atoms with van der Waals surface area (Å²) in [5.41, 5.74) is 5.75. The average Bonchev–Trinajstić information content (AvgIpc) is 2.31. The molecule has 0 aliphatic heterocycles. The molecule has 0 saturated carbocycles. The SMILES string of the molecule is C#CCC(N)C(=O)Nc1ccc(OC(F)(F)F)c(Br)c1. The zero-order valence-electron chi connectivity index (χ0n) is 10.00. The van der Waals surface area contributed by atoms with Gasteiger partial charge in [0.1, 0.15) is 5.75 Å². The van der Waals surface area contributed by atoms with Gasteiger partial charge >= 0.3 is 6.36 Å². The molecule has 0 fully saturated rings. The Morgan fingerprint density at radius 2 is 2.20 bits per heavy atom. The molecule has 1 aromatic rings. The minimum Gasteiger partial charge on any atom is -0.405 e. The molecule has 4 nitrogen and oxygen atoms in total. The Kier molecular flexibility index (Phi) is 5.42. The standard InChI is InChI=1S/C12H10BrF3N2O2/c1-2-3-9(17)11(19)18-7-4-5-10(8(13)6-7)20-12(14,15)16/h1,4-6,9H,3,17H2,(H,18,19). The van der Waals surface area contributed by atoms with Crippen molar-refractivity contribution in [1.82, 2.24) is 0 Å². The van der Waals surface area contributed by atoms with Gasteiger partial charge in [-0.3, -0.25) is 4.79 Å². The van der Waals surface area contributed by atoms with Gasteiger partial charge in [-0.05, 0) is 34.1 Å². The number of hydrogen-bond acceptors (Lipinski definition) is 3. The van der Waals surface area contributed by atoms with Crippen molar-refractivity contribution in [2.45, 2.75) is 18.8 Å². The summed E-state index contributed by atoms with van der Waals surface area (Å²) >= 11 is 2.92. The summed E-state index contributed by atoms with van der Waals surface area (Å²) in [4.78, 5) is 11.6. The van der Waals surface area contributed by atoms with Crippen LogP contribution in [0.3, 0.4) is 0 Å². The fourth-order valence-corrected chi connectivity index (χ4v) is 1.70. The van der Waals surface area contributed by atoms with Gasteiger partial charge in [0, 0.05) is 12.1 Å². The Hall–Kier alpha value is -1.72. The molecule has 0 aromatic heterocycles. The summed E-state index contributed by atoms with van der Waals surface area (Å²) in [6.45, 7) is 0. The smallest absolute Gasteiger partial charge is 0.405 e. The molecule has 0 spiro atoms. The molecule has 0 heterocycles. The van der Waals surface area contributed by atoms with Crippen LogP contribution in [0.15, 0.2) is 22.7 Å². The topological polar surface area (TPSA) is 64.4 Å². The number of hydrogen-bond donors (Lipinski definition) is 2. The molecule has 0 radical (unpaired) electrons. The van der Waals surface area contributed by atoms with Crippen molar-refractivity contribution in [2.24, 2.45) is 5.73 Å². The lowest BCUT2D eigenvalue weighted by Crippen LogP contribution is -2.35. The molecule has 0 saturated heterocycles. The third-order valence-electron chi connectivity index (χ3n) is 2.10. The second-order valence-electron chi connectivity index (χ2n) is 3.70. The molecule has 3 N–H and O–H groups in total. The number of alkyl halides is 3. The quantitative estimate of drug-likeness (QED) is 0.820. The van der Waals surface area contributed by atoms with Crippen LogP contribution in [0.25, 0.3) is 0 Å². The zero-order valence-corrected chi connectivity index (χ0v) is 11.6. The van der Waals surface area contributed by atoms with Crippen LogP contribution < -0.4 is 15.8 Å². The summed E-state index contributed by atoms with van der Waals surface area (Å²) in [6, 6.07) is 2.71. The fraction of sp³-hybridized carbons (Fsp3) is 0.250. The number of carbonyl (C=O) groups excluding carboxylic acids is 1. The highest BCUT2D eigenvalue weighted by Crippen LogP contribution is 2.32. The summed E-state index contributed by atoms with van der Waals surface area (Å²) in [5.74, 6) is 1.30. The van der Waals surface area contributed by atoms with Crippen molar-refractivity contribution >= 4 is 27.5 Å². The number of nitrogens with two attached hydrogens (primary N) is 1. The van der Waals surface area contributed by atoms with E-state index in [1.54, 1.807) is 0 Å². The minimum atomic E-state index is -4.79. The minimum absolute atomic E-state index is 0.0400. The van der Waals surface area contributed by atoms with Crippen molar-refractivity contribution in [3.8, 4) is 18.1 Å². The Labute approximate surface area is 121 Å². The zero-order chi connectivity index (χ0) is 15.3. The maximum absolute atomic E-state index is 12.1. The van der Waals surface area contributed by atoms with Crippen molar-refractivity contribution in [2.75, 3.05) is 5.32 Å². The van der Waals surface area contributed by atoms with Crippen LogP contribution in [0, 0.1) is 12.3 Å². The highest BCUT2D eigenvalue weighted by atomic mass is 79.9. The second kappa shape index (κ2) is 6.63. The first-order valence-electron chi connectivity index (χ1n) is 5.28. The van der Waals surface area contributed by atoms with Crippen molar-refractivity contribution in [3.63, 3.8) is 0 Å². The van der Waals surface area contributed by atoms with Crippen LogP contribution in [0.2, 0.25) is 0 Å². The van der Waals surface area contributed by atoms with Crippen LogP contribution in [0.1, 0.15) is 6.42 Å². The van der Waals surface area contributed by atoms with Crippen LogP contribution in [-0.4, -0.2) is 18.3 Å². The number of amides is 1. The number of anilines is 1. The lowest BCUT2D eigenvalue weighted by molar-refractivity contribution is -0.274. The maximum Gasteiger partial charge on any atom is 0.573 e. The van der Waals surface area contributed by atoms with Crippen LogP contribution in [0.5, 0.6) is 5.75 Å². The van der Waals surface area contributed by atoms with Gasteiger partial charge in [-0.2, -0.15) is 0 Å². The highest BCUT2D eigenvalue weighted by molar-refractivity contribution is 9.10. The summed E-state index contributed by atoms with van der Waals surface area (Å²) < 4.78 is 40.0. The van der Waals surface area contributed by atoms with Gasteiger partial charge in [0.05, 0.1) is 10.5 Å². The molecule has 0 aliphatic rings. The van der Waals surface area contributed by atoms with E-state index < -0.39 is 24.1 Å². The Balaban J connectivity index is 2.78. The molecule has 1 amide bonds. The van der Waals surface area contributed by atoms with Gasteiger partial charge in [0.15, 0.2) is 0 Å². The number of halogens is 4. The average molecular weight is 351 g/mol. The molecule has 1 unspecified atom stereocenters. The van der Waals surface area contributed by atoms with Crippen molar-refractivity contribution in [3.05, 3.63) is 22.7 Å². The van der Waals surface area contributed by atoms with E-state index in [4.69, 9.17) is 12.2 Å². The summed E-state index contributed by atoms with van der Waals surface area (Å²) in [6.07, 6.45) is 0.291. The molecule has 0 aliphatic carbocycles. The Morgan fingerprint density at radius 3 is 2.70 bits per heavy atom.